The summed E-state index contributed by atoms with van der Waals surface area (Å²) in [7, 11) is -8.45. The van der Waals surface area contributed by atoms with Gasteiger partial charge in [0.05, 0.1) is 26.6 Å². The molecule has 0 aliphatic carbocycles. The molecule has 0 aromatic heterocycles. The first-order valence-electron chi connectivity index (χ1n) is 10.6. The smallest absolute Gasteiger partial charge is 0.294 e. The average Bonchev–Trinajstić information content (AvgIpc) is 2.84. The van der Waals surface area contributed by atoms with Crippen molar-refractivity contribution in [3.05, 3.63) is 78.9 Å². The summed E-state index contributed by atoms with van der Waals surface area (Å²) < 4.78 is 60.2. The fraction of sp³-hybridized carbons (Fsp3) is 0.0833. The van der Waals surface area contributed by atoms with E-state index < -0.39 is 30.8 Å². The molecule has 0 spiro atoms. The number of para-hydroxylation sites is 1. The monoisotopic (exact) mass is 549 g/mol. The Labute approximate surface area is 236 Å². The summed E-state index contributed by atoms with van der Waals surface area (Å²) in [4.78, 5) is -0.369. The third kappa shape index (κ3) is 5.79. The number of anilines is 2. The molecular formula is C24H22N4NaO6S2. The van der Waals surface area contributed by atoms with Crippen LogP contribution in [0.25, 0.3) is 10.8 Å². The maximum absolute atomic E-state index is 13.3. The van der Waals surface area contributed by atoms with Crippen LogP contribution in [0.3, 0.4) is 0 Å². The van der Waals surface area contributed by atoms with Crippen molar-refractivity contribution in [2.45, 2.75) is 16.7 Å². The molecule has 4 N–H and O–H groups in total. The van der Waals surface area contributed by atoms with Gasteiger partial charge in [-0.05, 0) is 48.7 Å². The fourth-order valence-electron chi connectivity index (χ4n) is 3.72. The zero-order valence-electron chi connectivity index (χ0n) is 20.0. The van der Waals surface area contributed by atoms with Gasteiger partial charge in [0, 0.05) is 42.2 Å². The molecule has 0 aliphatic rings. The molecule has 0 saturated heterocycles. The zero-order valence-corrected chi connectivity index (χ0v) is 23.6. The minimum atomic E-state index is -4.56. The second kappa shape index (κ2) is 11.2. The van der Waals surface area contributed by atoms with E-state index in [4.69, 9.17) is 5.73 Å². The Bertz CT molecular complexity index is 1700. The number of phenols is 1. The normalized spacial score (nSPS) is 11.9. The van der Waals surface area contributed by atoms with Gasteiger partial charge in [0.1, 0.15) is 17.1 Å². The topological polar surface area (TPSA) is 163 Å². The molecule has 13 heteroatoms. The maximum atomic E-state index is 13.3. The van der Waals surface area contributed by atoms with Crippen LogP contribution in [-0.2, 0) is 20.1 Å². The number of benzene rings is 4. The van der Waals surface area contributed by atoms with E-state index in [1.165, 1.54) is 34.6 Å². The van der Waals surface area contributed by atoms with E-state index in [0.717, 1.165) is 6.07 Å². The summed E-state index contributed by atoms with van der Waals surface area (Å²) in [6.07, 6.45) is 0. The van der Waals surface area contributed by atoms with Crippen molar-refractivity contribution < 1.29 is 26.5 Å². The molecule has 0 atom stereocenters. The molecule has 4 aromatic carbocycles. The number of nitrogens with zero attached hydrogens (tertiary/aromatic N) is 3. The average molecular weight is 550 g/mol. The van der Waals surface area contributed by atoms with Gasteiger partial charge in [-0.15, -0.1) is 10.2 Å². The quantitative estimate of drug-likeness (QED) is 0.131. The van der Waals surface area contributed by atoms with Crippen molar-refractivity contribution >= 4 is 83.2 Å². The number of hydrogen-bond acceptors (Lipinski definition) is 8. The molecule has 0 aliphatic heterocycles. The first-order valence-corrected chi connectivity index (χ1v) is 13.5. The predicted molar refractivity (Wildman–Crippen MR) is 143 cm³/mol. The molecule has 0 bridgehead atoms. The second-order valence-electron chi connectivity index (χ2n) is 7.69. The Hall–Kier alpha value is -3.00. The van der Waals surface area contributed by atoms with Crippen molar-refractivity contribution in [1.82, 2.24) is 0 Å². The molecule has 37 heavy (non-hydrogen) atoms. The molecule has 10 nitrogen and oxygen atoms in total. The summed E-state index contributed by atoms with van der Waals surface area (Å²) in [5.41, 5.74) is 6.78. The largest absolute Gasteiger partial charge is 0.507 e. The third-order valence-corrected chi connectivity index (χ3v) is 8.13. The van der Waals surface area contributed by atoms with E-state index in [9.17, 15) is 26.5 Å². The van der Waals surface area contributed by atoms with E-state index in [0.29, 0.717) is 0 Å². The number of phenolic OH excluding ortho intramolecular Hbond substituents is 1. The van der Waals surface area contributed by atoms with Crippen molar-refractivity contribution in [1.29, 1.82) is 0 Å². The number of sulfonamides is 1. The van der Waals surface area contributed by atoms with E-state index in [1.807, 2.05) is 0 Å². The van der Waals surface area contributed by atoms with Crippen LogP contribution in [0.4, 0.5) is 22.7 Å². The fourth-order valence-corrected chi connectivity index (χ4v) is 5.77. The van der Waals surface area contributed by atoms with E-state index in [1.54, 1.807) is 49.4 Å². The first-order chi connectivity index (χ1) is 17.0. The van der Waals surface area contributed by atoms with Crippen molar-refractivity contribution in [2.24, 2.45) is 10.2 Å². The van der Waals surface area contributed by atoms with Crippen LogP contribution in [0.15, 0.2) is 98.9 Å². The molecule has 4 rings (SSSR count). The van der Waals surface area contributed by atoms with Crippen molar-refractivity contribution in [3.63, 3.8) is 0 Å². The van der Waals surface area contributed by atoms with Gasteiger partial charge in [-0.25, -0.2) is 8.42 Å². The number of hydrogen-bond donors (Lipinski definition) is 3. The van der Waals surface area contributed by atoms with Gasteiger partial charge >= 0.3 is 0 Å². The van der Waals surface area contributed by atoms with Crippen molar-refractivity contribution in [3.8, 4) is 5.75 Å². The predicted octanol–water partition coefficient (Wildman–Crippen LogP) is 4.62. The van der Waals surface area contributed by atoms with E-state index in [2.05, 4.69) is 10.2 Å². The van der Waals surface area contributed by atoms with Crippen LogP contribution in [-0.4, -0.2) is 62.6 Å². The van der Waals surface area contributed by atoms with E-state index in [-0.39, 0.29) is 74.5 Å². The Morgan fingerprint density at radius 3 is 2.16 bits per heavy atom. The van der Waals surface area contributed by atoms with Crippen LogP contribution >= 0.6 is 0 Å². The van der Waals surface area contributed by atoms with Gasteiger partial charge in [0.15, 0.2) is 0 Å². The number of nitrogen functional groups attached to an aromatic ring is 1. The standard InChI is InChI=1S/C24H22N4O6S2.Na/c1-2-28(35(30,31)17-8-4-3-5-9-17)21-11-7-6-10-20(21)26-27-24-19(25)13-12-16-14-18(36(32,33)34)15-22(29)23(16)24;/h3-15,29H,2,25H2,1H3,(H,32,33,34);. The molecule has 0 saturated carbocycles. The van der Waals surface area contributed by atoms with Crippen LogP contribution in [0.1, 0.15) is 6.92 Å². The molecule has 1 radical (unpaired) electrons. The van der Waals surface area contributed by atoms with Gasteiger partial charge in [0.2, 0.25) is 0 Å². The molecule has 187 valence electrons. The van der Waals surface area contributed by atoms with Crippen LogP contribution in [0, 0.1) is 0 Å². The minimum Gasteiger partial charge on any atom is -0.507 e. The number of rotatable bonds is 7. The second-order valence-corrected chi connectivity index (χ2v) is 11.0. The van der Waals surface area contributed by atoms with Crippen LogP contribution < -0.4 is 10.0 Å². The molecule has 0 heterocycles. The minimum absolute atomic E-state index is 0. The summed E-state index contributed by atoms with van der Waals surface area (Å²) >= 11 is 0. The zero-order chi connectivity index (χ0) is 26.1. The molecular weight excluding hydrogens is 527 g/mol. The Morgan fingerprint density at radius 1 is 0.865 bits per heavy atom. The summed E-state index contributed by atoms with van der Waals surface area (Å²) in [5, 5.41) is 19.3. The molecule has 0 unspecified atom stereocenters. The number of azo groups is 1. The number of aromatic hydroxyl groups is 1. The number of nitrogens with two attached hydrogens (primary N) is 1. The first kappa shape index (κ1) is 28.6. The summed E-state index contributed by atoms with van der Waals surface area (Å²) in [6.45, 7) is 1.82. The van der Waals surface area contributed by atoms with Gasteiger partial charge in [-0.2, -0.15) is 8.42 Å². The molecule has 4 aromatic rings. The van der Waals surface area contributed by atoms with Crippen LogP contribution in [0.5, 0.6) is 5.75 Å². The maximum Gasteiger partial charge on any atom is 0.294 e. The van der Waals surface area contributed by atoms with Gasteiger partial charge < -0.3 is 10.8 Å². The Morgan fingerprint density at radius 2 is 1.51 bits per heavy atom. The van der Waals surface area contributed by atoms with Gasteiger partial charge in [-0.3, -0.25) is 8.86 Å². The summed E-state index contributed by atoms with van der Waals surface area (Å²) in [6, 6.07) is 19.5. The molecule has 0 amide bonds. The Kier molecular flexibility index (Phi) is 8.63. The Balaban J connectivity index is 0.00000380. The summed E-state index contributed by atoms with van der Waals surface area (Å²) in [5.74, 6) is -0.475. The van der Waals surface area contributed by atoms with Gasteiger partial charge in [0.25, 0.3) is 20.1 Å². The van der Waals surface area contributed by atoms with Gasteiger partial charge in [-0.1, -0.05) is 36.4 Å². The number of fused-ring (bicyclic) bond motifs is 1. The van der Waals surface area contributed by atoms with E-state index >= 15 is 0 Å². The SMILES string of the molecule is CCN(c1ccccc1N=Nc1c(N)ccc2cc(S(=O)(=O)O)cc(O)c12)S(=O)(=O)c1ccccc1.[Na]. The van der Waals surface area contributed by atoms with Crippen LogP contribution in [0.2, 0.25) is 0 Å². The molecule has 0 fully saturated rings. The third-order valence-electron chi connectivity index (χ3n) is 5.40. The van der Waals surface area contributed by atoms with Crippen molar-refractivity contribution in [2.75, 3.05) is 16.6 Å².